The first-order valence-electron chi connectivity index (χ1n) is 16.9. The van der Waals surface area contributed by atoms with Crippen molar-refractivity contribution in [2.45, 2.75) is 68.7 Å². The summed E-state index contributed by atoms with van der Waals surface area (Å²) in [5, 5.41) is 9.21. The van der Waals surface area contributed by atoms with Crippen LogP contribution >= 0.6 is 67.8 Å². The number of hydrogen-bond donors (Lipinski definition) is 4. The van der Waals surface area contributed by atoms with Gasteiger partial charge in [0.25, 0.3) is 20.2 Å². The number of hydrogen-bond acceptors (Lipinski definition) is 8. The average molecular weight is 1220 g/mol. The Kier molecular flexibility index (Phi) is 16.6. The number of carboxylic acids is 1. The first kappa shape index (κ1) is 46.5. The average Bonchev–Trinajstić information content (AvgIpc) is 3.53. The van der Waals surface area contributed by atoms with Crippen molar-refractivity contribution in [1.29, 1.82) is 0 Å². The van der Waals surface area contributed by atoms with Crippen LogP contribution in [0, 0.1) is 10.7 Å². The Morgan fingerprint density at radius 1 is 0.855 bits per heavy atom. The van der Waals surface area contributed by atoms with Crippen LogP contribution in [0.2, 0.25) is 0 Å². The van der Waals surface area contributed by atoms with Gasteiger partial charge in [-0.05, 0) is 18.9 Å². The Morgan fingerprint density at radius 2 is 1.51 bits per heavy atom. The molecule has 3 aromatic rings. The molecule has 0 aliphatic carbocycles. The van der Waals surface area contributed by atoms with E-state index in [0.717, 1.165) is 19.4 Å². The van der Waals surface area contributed by atoms with E-state index >= 15 is 0 Å². The predicted octanol–water partition coefficient (Wildman–Crippen LogP) is 6.62. The van der Waals surface area contributed by atoms with E-state index in [2.05, 4.69) is 78.4 Å². The van der Waals surface area contributed by atoms with Gasteiger partial charge in [0.2, 0.25) is 0 Å². The first-order chi connectivity index (χ1) is 25.6. The summed E-state index contributed by atoms with van der Waals surface area (Å²) >= 11 is 6.94. The Morgan fingerprint density at radius 3 is 2.16 bits per heavy atom. The summed E-state index contributed by atoms with van der Waals surface area (Å²) in [6, 6.07) is 6.43. The van der Waals surface area contributed by atoms with E-state index in [1.165, 1.54) is 23.5 Å². The number of rotatable bonds is 19. The molecule has 0 spiro atoms. The maximum absolute atomic E-state index is 12.1. The molecular weight excluding hydrogens is 1180 g/mol. The van der Waals surface area contributed by atoms with E-state index in [9.17, 15) is 48.8 Å². The molecule has 1 aliphatic heterocycles. The summed E-state index contributed by atoms with van der Waals surface area (Å²) < 4.78 is 106. The molecule has 20 heteroatoms. The number of carbonyl (C=O) groups is 1. The molecule has 1 atom stereocenters. The van der Waals surface area contributed by atoms with Gasteiger partial charge in [0.1, 0.15) is 0 Å². The number of aryl methyl sites for hydroxylation is 1. The minimum absolute atomic E-state index is 0.0306. The van der Waals surface area contributed by atoms with Crippen molar-refractivity contribution in [3.8, 4) is 0 Å². The van der Waals surface area contributed by atoms with Gasteiger partial charge in [-0.15, -0.1) is 0 Å². The Labute approximate surface area is 368 Å². The topological polar surface area (TPSA) is 208 Å². The van der Waals surface area contributed by atoms with E-state index < -0.39 is 47.5 Å². The molecule has 4 rings (SSSR count). The van der Waals surface area contributed by atoms with E-state index in [0.29, 0.717) is 50.0 Å². The molecule has 2 aromatic carbocycles. The quantitative estimate of drug-likeness (QED) is 0.0190. The third kappa shape index (κ3) is 12.9. The van der Waals surface area contributed by atoms with Gasteiger partial charge in [-0.25, -0.2) is 0 Å². The van der Waals surface area contributed by atoms with E-state index in [1.54, 1.807) is 6.07 Å². The monoisotopic (exact) mass is 1220 g/mol. The van der Waals surface area contributed by atoms with Gasteiger partial charge < -0.3 is 5.11 Å². The molecule has 55 heavy (non-hydrogen) atoms. The van der Waals surface area contributed by atoms with Crippen LogP contribution < -0.4 is 9.47 Å². The van der Waals surface area contributed by atoms with Gasteiger partial charge >= 0.3 is 280 Å². The number of allylic oxidation sites excluding steroid dienone is 7. The summed E-state index contributed by atoms with van der Waals surface area (Å²) in [5.74, 6) is -1.67. The number of halogens is 3. The molecule has 4 N–H and O–H groups in total. The second-order valence-corrected chi connectivity index (χ2v) is 23.0. The van der Waals surface area contributed by atoms with Crippen molar-refractivity contribution in [3.63, 3.8) is 0 Å². The van der Waals surface area contributed by atoms with Crippen LogP contribution in [0.5, 0.6) is 0 Å². The van der Waals surface area contributed by atoms with Crippen molar-refractivity contribution in [3.05, 3.63) is 87.3 Å². The Balaban J connectivity index is 1.66. The van der Waals surface area contributed by atoms with Crippen LogP contribution in [0.1, 0.15) is 62.0 Å². The zero-order chi connectivity index (χ0) is 40.8. The van der Waals surface area contributed by atoms with Gasteiger partial charge in [-0.2, -0.15) is 16.8 Å². The number of anilines is 1. The number of nitrogens with zero attached hydrogens (tertiary/aromatic N) is 2. The van der Waals surface area contributed by atoms with Crippen molar-refractivity contribution < 1.29 is 53.4 Å². The summed E-state index contributed by atoms with van der Waals surface area (Å²) in [6.07, 6.45) is 15.3. The van der Waals surface area contributed by atoms with Crippen molar-refractivity contribution in [1.82, 2.24) is 0 Å². The molecule has 0 amide bonds. The van der Waals surface area contributed by atoms with Gasteiger partial charge in [0.15, 0.2) is 0 Å². The summed E-state index contributed by atoms with van der Waals surface area (Å²) in [7, 11) is -12.8. The van der Waals surface area contributed by atoms with Crippen LogP contribution in [0.4, 0.5) is 5.69 Å². The molecule has 0 bridgehead atoms. The van der Waals surface area contributed by atoms with Crippen molar-refractivity contribution in [2.75, 3.05) is 23.0 Å². The molecule has 13 nitrogen and oxygen atoms in total. The SMILES string of the molecule is CC1(CCCCC(=O)O)/C(=C/C=C/C=C/C=C/c2[se]c3c(I)c(I)c(I)cc3[n+]2CCCS(=O)(=O)O)N(CCCCS(=O)(=O)O)c2ccc(S(=O)(=O)O)cc21. The molecule has 1 unspecified atom stereocenters. The molecule has 2 heterocycles. The number of carboxylic acid groups (broad SMARTS) is 1. The zero-order valence-corrected chi connectivity index (χ0v) is 40.1. The normalized spacial score (nSPS) is 17.5. The maximum atomic E-state index is 12.1. The van der Waals surface area contributed by atoms with Gasteiger partial charge in [0, 0.05) is 6.42 Å². The second kappa shape index (κ2) is 19.7. The fourth-order valence-corrected chi connectivity index (χ4v) is 13.4. The fraction of sp³-hybridized carbons (Fsp3) is 0.371. The third-order valence-electron chi connectivity index (χ3n) is 8.94. The van der Waals surface area contributed by atoms with Crippen LogP contribution in [0.3, 0.4) is 0 Å². The number of benzene rings is 2. The predicted molar refractivity (Wildman–Crippen MR) is 238 cm³/mol. The number of fused-ring (bicyclic) bond motifs is 2. The van der Waals surface area contributed by atoms with Gasteiger partial charge in [-0.3, -0.25) is 13.9 Å². The van der Waals surface area contributed by atoms with E-state index in [1.807, 2.05) is 54.4 Å². The van der Waals surface area contributed by atoms with Crippen LogP contribution in [-0.4, -0.2) is 82.5 Å². The summed E-state index contributed by atoms with van der Waals surface area (Å²) in [5.41, 5.74) is 2.32. The van der Waals surface area contributed by atoms with Gasteiger partial charge in [0.05, 0.1) is 10.6 Å². The fourth-order valence-electron chi connectivity index (χ4n) is 6.38. The minimum atomic E-state index is -4.53. The number of aromatic nitrogens is 1. The summed E-state index contributed by atoms with van der Waals surface area (Å²) in [4.78, 5) is 12.9. The molecule has 0 fully saturated rings. The van der Waals surface area contributed by atoms with Crippen LogP contribution in [0.25, 0.3) is 15.9 Å². The second-order valence-electron chi connectivity index (χ2n) is 13.0. The van der Waals surface area contributed by atoms with E-state index in [4.69, 9.17) is 0 Å². The molecule has 0 saturated carbocycles. The Bertz CT molecular complexity index is 2400. The van der Waals surface area contributed by atoms with Crippen molar-refractivity contribution >= 4 is 140 Å². The Hall–Kier alpha value is -1.22. The van der Waals surface area contributed by atoms with Crippen molar-refractivity contribution in [2.24, 2.45) is 0 Å². The molecule has 0 saturated heterocycles. The van der Waals surface area contributed by atoms with E-state index in [-0.39, 0.29) is 44.4 Å². The van der Waals surface area contributed by atoms with Crippen LogP contribution in [-0.2, 0) is 47.1 Å². The third-order valence-corrected chi connectivity index (χ3v) is 19.8. The molecule has 300 valence electrons. The molecule has 1 aliphatic rings. The first-order valence-corrected chi connectivity index (χ1v) is 26.5. The summed E-state index contributed by atoms with van der Waals surface area (Å²) in [6.45, 7) is 2.70. The number of unbranched alkanes of at least 4 members (excludes halogenated alkanes) is 2. The van der Waals surface area contributed by atoms with Crippen LogP contribution in [0.15, 0.2) is 71.3 Å². The molecule has 0 radical (unpaired) electrons. The zero-order valence-electron chi connectivity index (χ0n) is 29.4. The standard InChI is InChI=1S/C35H39I3N2O11S3Se/c1-35(17-8-7-14-31(41)42)25-22-24(54(49,50)51)15-16-27(25)39(18-9-10-20-52(43,44)45)29(35)12-5-3-2-4-6-13-30-40(19-11-21-53(46,47)48)28-23-26(36)32(37)33(38)34(28)55-30/h2-6,12-13,15-16,22-23H,7-11,14,17-21H2,1H3,(H3-,41,42,43,44,45,46,47,48,49,50,51)/p+1. The molecule has 1 aromatic heterocycles. The number of aliphatic carboxylic acids is 1. The molecular formula is C35H40I3N2O11S3Se+. The van der Waals surface area contributed by atoms with Gasteiger partial charge in [-0.1, -0.05) is 0 Å².